The molecule has 0 saturated heterocycles. The molecule has 3 nitrogen and oxygen atoms in total. The standard InChI is InChI=1S/C16H23F2NO2/c1-2-11(8-13(10-19)16(20)21)4-3-5-12-6-7-14(17)9-15(12)18/h6-7,9,11,13H,2-5,8,10,19H2,1H3,(H,20,21)/t11-,13+/m1/s1. The molecule has 1 aromatic rings. The zero-order chi connectivity index (χ0) is 15.8. The van der Waals surface area contributed by atoms with Gasteiger partial charge in [0.25, 0.3) is 0 Å². The number of nitrogens with two attached hydrogens (primary N) is 1. The Bertz CT molecular complexity index is 466. The Morgan fingerprint density at radius 2 is 2.10 bits per heavy atom. The van der Waals surface area contributed by atoms with Crippen molar-refractivity contribution in [1.82, 2.24) is 0 Å². The van der Waals surface area contributed by atoms with E-state index in [1.165, 1.54) is 12.1 Å². The summed E-state index contributed by atoms with van der Waals surface area (Å²) in [5, 5.41) is 9.02. The number of aryl methyl sites for hydroxylation is 1. The molecule has 0 fully saturated rings. The fourth-order valence-electron chi connectivity index (χ4n) is 2.49. The SMILES string of the molecule is CC[C@H](CCCc1ccc(F)cc1F)C[C@@H](CN)C(=O)O. The van der Waals surface area contributed by atoms with E-state index in [0.29, 0.717) is 18.4 Å². The van der Waals surface area contributed by atoms with Crippen molar-refractivity contribution >= 4 is 5.97 Å². The highest BCUT2D eigenvalue weighted by atomic mass is 19.1. The first kappa shape index (κ1) is 17.6. The van der Waals surface area contributed by atoms with Crippen molar-refractivity contribution in [3.8, 4) is 0 Å². The highest BCUT2D eigenvalue weighted by Gasteiger charge is 2.20. The van der Waals surface area contributed by atoms with Crippen LogP contribution in [-0.4, -0.2) is 17.6 Å². The molecule has 0 amide bonds. The van der Waals surface area contributed by atoms with Crippen LogP contribution in [0.3, 0.4) is 0 Å². The van der Waals surface area contributed by atoms with Crippen molar-refractivity contribution in [2.24, 2.45) is 17.6 Å². The molecule has 21 heavy (non-hydrogen) atoms. The number of rotatable bonds is 9. The molecule has 0 radical (unpaired) electrons. The van der Waals surface area contributed by atoms with Gasteiger partial charge in [0.2, 0.25) is 0 Å². The quantitative estimate of drug-likeness (QED) is 0.735. The van der Waals surface area contributed by atoms with E-state index in [1.54, 1.807) is 0 Å². The van der Waals surface area contributed by atoms with Crippen molar-refractivity contribution in [3.05, 3.63) is 35.4 Å². The Morgan fingerprint density at radius 1 is 1.38 bits per heavy atom. The first-order valence-corrected chi connectivity index (χ1v) is 7.34. The molecule has 0 spiro atoms. The van der Waals surface area contributed by atoms with Crippen LogP contribution in [0.25, 0.3) is 0 Å². The smallest absolute Gasteiger partial charge is 0.307 e. The van der Waals surface area contributed by atoms with Crippen molar-refractivity contribution in [2.45, 2.75) is 39.0 Å². The zero-order valence-electron chi connectivity index (χ0n) is 12.3. The lowest BCUT2D eigenvalue weighted by molar-refractivity contribution is -0.142. The third-order valence-corrected chi connectivity index (χ3v) is 3.90. The molecule has 0 aromatic heterocycles. The summed E-state index contributed by atoms with van der Waals surface area (Å²) >= 11 is 0. The van der Waals surface area contributed by atoms with Crippen LogP contribution in [0.5, 0.6) is 0 Å². The number of aliphatic carboxylic acids is 1. The van der Waals surface area contributed by atoms with Gasteiger partial charge >= 0.3 is 5.97 Å². The molecule has 5 heteroatoms. The van der Waals surface area contributed by atoms with Gasteiger partial charge in [-0.15, -0.1) is 0 Å². The van der Waals surface area contributed by atoms with Gasteiger partial charge in [-0.2, -0.15) is 0 Å². The summed E-state index contributed by atoms with van der Waals surface area (Å²) in [4.78, 5) is 11.0. The highest BCUT2D eigenvalue weighted by Crippen LogP contribution is 2.22. The topological polar surface area (TPSA) is 63.3 Å². The molecule has 3 N–H and O–H groups in total. The Kier molecular flexibility index (Phi) is 7.29. The van der Waals surface area contributed by atoms with Gasteiger partial charge in [-0.3, -0.25) is 4.79 Å². The number of carboxylic acids is 1. The summed E-state index contributed by atoms with van der Waals surface area (Å²) in [6.45, 7) is 2.15. The number of halogens is 2. The minimum atomic E-state index is -0.861. The third kappa shape index (κ3) is 5.79. The zero-order valence-corrected chi connectivity index (χ0v) is 12.3. The Balaban J connectivity index is 2.46. The first-order valence-electron chi connectivity index (χ1n) is 7.34. The molecule has 0 unspecified atom stereocenters. The van der Waals surface area contributed by atoms with E-state index in [-0.39, 0.29) is 12.5 Å². The minimum Gasteiger partial charge on any atom is -0.481 e. The van der Waals surface area contributed by atoms with Crippen LogP contribution in [0, 0.1) is 23.5 Å². The summed E-state index contributed by atoms with van der Waals surface area (Å²) in [5.74, 6) is -2.21. The Hall–Kier alpha value is -1.49. The summed E-state index contributed by atoms with van der Waals surface area (Å²) < 4.78 is 26.3. The molecule has 0 aliphatic heterocycles. The van der Waals surface area contributed by atoms with Gasteiger partial charge in [-0.05, 0) is 36.8 Å². The van der Waals surface area contributed by atoms with Crippen LogP contribution >= 0.6 is 0 Å². The molecule has 2 atom stereocenters. The molecule has 1 rings (SSSR count). The van der Waals surface area contributed by atoms with Crippen molar-refractivity contribution in [3.63, 3.8) is 0 Å². The first-order chi connectivity index (χ1) is 9.97. The van der Waals surface area contributed by atoms with Gasteiger partial charge in [0.05, 0.1) is 5.92 Å². The van der Waals surface area contributed by atoms with Gasteiger partial charge in [0.1, 0.15) is 11.6 Å². The molecule has 0 aliphatic rings. The maximum absolute atomic E-state index is 13.5. The predicted molar refractivity (Wildman–Crippen MR) is 77.9 cm³/mol. The van der Waals surface area contributed by atoms with E-state index < -0.39 is 23.5 Å². The van der Waals surface area contributed by atoms with Crippen molar-refractivity contribution in [1.29, 1.82) is 0 Å². The van der Waals surface area contributed by atoms with Crippen LogP contribution in [0.15, 0.2) is 18.2 Å². The number of carbonyl (C=O) groups is 1. The second-order valence-corrected chi connectivity index (χ2v) is 5.41. The van der Waals surface area contributed by atoms with Gasteiger partial charge in [0.15, 0.2) is 0 Å². The second kappa shape index (κ2) is 8.72. The largest absolute Gasteiger partial charge is 0.481 e. The van der Waals surface area contributed by atoms with Crippen LogP contribution in [0.1, 0.15) is 38.2 Å². The van der Waals surface area contributed by atoms with Gasteiger partial charge in [0, 0.05) is 12.6 Å². The minimum absolute atomic E-state index is 0.137. The lowest BCUT2D eigenvalue weighted by Gasteiger charge is -2.18. The maximum atomic E-state index is 13.5. The third-order valence-electron chi connectivity index (χ3n) is 3.90. The predicted octanol–water partition coefficient (Wildman–Crippen LogP) is 3.36. The molecule has 118 valence electrons. The maximum Gasteiger partial charge on any atom is 0.307 e. The van der Waals surface area contributed by atoms with Crippen molar-refractivity contribution < 1.29 is 18.7 Å². The van der Waals surface area contributed by atoms with Gasteiger partial charge < -0.3 is 10.8 Å². The van der Waals surface area contributed by atoms with E-state index in [2.05, 4.69) is 0 Å². The molecule has 0 aliphatic carbocycles. The molecular weight excluding hydrogens is 276 g/mol. The molecule has 1 aromatic carbocycles. The second-order valence-electron chi connectivity index (χ2n) is 5.41. The molecule has 0 saturated carbocycles. The van der Waals surface area contributed by atoms with E-state index in [1.807, 2.05) is 6.92 Å². The normalized spacial score (nSPS) is 13.9. The number of hydrogen-bond acceptors (Lipinski definition) is 2. The average Bonchev–Trinajstić information content (AvgIpc) is 2.44. The summed E-state index contributed by atoms with van der Waals surface area (Å²) in [7, 11) is 0. The van der Waals surface area contributed by atoms with Crippen LogP contribution in [-0.2, 0) is 11.2 Å². The summed E-state index contributed by atoms with van der Waals surface area (Å²) in [6.07, 6.45) is 3.52. The summed E-state index contributed by atoms with van der Waals surface area (Å²) in [5.41, 5.74) is 5.96. The number of benzene rings is 1. The van der Waals surface area contributed by atoms with E-state index in [9.17, 15) is 13.6 Å². The van der Waals surface area contributed by atoms with Crippen molar-refractivity contribution in [2.75, 3.05) is 6.54 Å². The fraction of sp³-hybridized carbons (Fsp3) is 0.562. The van der Waals surface area contributed by atoms with Crippen LogP contribution in [0.2, 0.25) is 0 Å². The van der Waals surface area contributed by atoms with Crippen LogP contribution in [0.4, 0.5) is 8.78 Å². The van der Waals surface area contributed by atoms with Gasteiger partial charge in [-0.1, -0.05) is 25.8 Å². The Labute approximate surface area is 124 Å². The fourth-order valence-corrected chi connectivity index (χ4v) is 2.49. The molecular formula is C16H23F2NO2. The lowest BCUT2D eigenvalue weighted by atomic mass is 9.88. The van der Waals surface area contributed by atoms with E-state index in [4.69, 9.17) is 10.8 Å². The monoisotopic (exact) mass is 299 g/mol. The van der Waals surface area contributed by atoms with Gasteiger partial charge in [-0.25, -0.2) is 8.78 Å². The Morgan fingerprint density at radius 3 is 2.62 bits per heavy atom. The van der Waals surface area contributed by atoms with E-state index >= 15 is 0 Å². The van der Waals surface area contributed by atoms with Crippen LogP contribution < -0.4 is 5.73 Å². The summed E-state index contributed by atoms with van der Waals surface area (Å²) in [6, 6.07) is 3.61. The average molecular weight is 299 g/mol. The lowest BCUT2D eigenvalue weighted by Crippen LogP contribution is -2.25. The molecule has 0 bridgehead atoms. The number of carboxylic acid groups (broad SMARTS) is 1. The molecule has 0 heterocycles. The highest BCUT2D eigenvalue weighted by molar-refractivity contribution is 5.70. The van der Waals surface area contributed by atoms with E-state index in [0.717, 1.165) is 25.3 Å². The number of hydrogen-bond donors (Lipinski definition) is 2.